The third-order valence-corrected chi connectivity index (χ3v) is 3.62. The first-order chi connectivity index (χ1) is 7.98. The Labute approximate surface area is 101 Å². The van der Waals surface area contributed by atoms with E-state index < -0.39 is 5.97 Å². The smallest absolute Gasteiger partial charge is 0.307 e. The zero-order chi connectivity index (χ0) is 12.6. The van der Waals surface area contributed by atoms with E-state index in [1.807, 2.05) is 45.0 Å². The first kappa shape index (κ1) is 12.0. The predicted molar refractivity (Wildman–Crippen MR) is 65.3 cm³/mol. The fourth-order valence-electron chi connectivity index (χ4n) is 2.69. The molecule has 3 heteroatoms. The monoisotopic (exact) mass is 234 g/mol. The van der Waals surface area contributed by atoms with Crippen LogP contribution in [0.2, 0.25) is 0 Å². The van der Waals surface area contributed by atoms with Gasteiger partial charge in [-0.3, -0.25) is 4.79 Å². The summed E-state index contributed by atoms with van der Waals surface area (Å²) < 4.78 is 5.44. The Hall–Kier alpha value is -1.51. The number of carboxylic acids is 1. The van der Waals surface area contributed by atoms with Gasteiger partial charge in [0.2, 0.25) is 0 Å². The van der Waals surface area contributed by atoms with Crippen molar-refractivity contribution < 1.29 is 14.6 Å². The van der Waals surface area contributed by atoms with Gasteiger partial charge >= 0.3 is 5.97 Å². The summed E-state index contributed by atoms with van der Waals surface area (Å²) in [6, 6.07) is 7.77. The van der Waals surface area contributed by atoms with Gasteiger partial charge in [-0.15, -0.1) is 0 Å². The lowest BCUT2D eigenvalue weighted by atomic mass is 10.0. The SMILES string of the molecule is CCOc1cccc([C@@H]2[C@@H](C(=O)O)C2(C)C)c1. The second kappa shape index (κ2) is 4.06. The number of carboxylic acid groups (broad SMARTS) is 1. The van der Waals surface area contributed by atoms with Crippen LogP contribution < -0.4 is 4.74 Å². The number of rotatable bonds is 4. The van der Waals surface area contributed by atoms with Gasteiger partial charge in [0.1, 0.15) is 5.75 Å². The average molecular weight is 234 g/mol. The molecule has 2 atom stereocenters. The van der Waals surface area contributed by atoms with Gasteiger partial charge in [0.05, 0.1) is 12.5 Å². The first-order valence-electron chi connectivity index (χ1n) is 5.94. The van der Waals surface area contributed by atoms with E-state index in [0.717, 1.165) is 11.3 Å². The Morgan fingerprint density at radius 1 is 1.47 bits per heavy atom. The van der Waals surface area contributed by atoms with Crippen LogP contribution in [0.5, 0.6) is 5.75 Å². The maximum atomic E-state index is 11.1. The first-order valence-corrected chi connectivity index (χ1v) is 5.94. The van der Waals surface area contributed by atoms with Crippen LogP contribution in [0.4, 0.5) is 0 Å². The van der Waals surface area contributed by atoms with E-state index in [2.05, 4.69) is 0 Å². The van der Waals surface area contributed by atoms with Crippen LogP contribution in [-0.4, -0.2) is 17.7 Å². The Balaban J connectivity index is 2.24. The minimum absolute atomic E-state index is 0.0976. The molecule has 0 radical (unpaired) electrons. The highest BCUT2D eigenvalue weighted by atomic mass is 16.5. The summed E-state index contributed by atoms with van der Waals surface area (Å²) in [6.07, 6.45) is 0. The van der Waals surface area contributed by atoms with E-state index in [-0.39, 0.29) is 17.3 Å². The highest BCUT2D eigenvalue weighted by Gasteiger charge is 2.62. The van der Waals surface area contributed by atoms with Crippen LogP contribution in [0.25, 0.3) is 0 Å². The molecular formula is C14H18O3. The van der Waals surface area contributed by atoms with Crippen LogP contribution in [0.3, 0.4) is 0 Å². The third kappa shape index (κ3) is 2.02. The molecular weight excluding hydrogens is 216 g/mol. The molecule has 1 fully saturated rings. The highest BCUT2D eigenvalue weighted by molar-refractivity contribution is 5.77. The highest BCUT2D eigenvalue weighted by Crippen LogP contribution is 2.64. The van der Waals surface area contributed by atoms with Crippen molar-refractivity contribution >= 4 is 5.97 Å². The number of ether oxygens (including phenoxy) is 1. The minimum atomic E-state index is -0.707. The molecule has 1 aliphatic carbocycles. The standard InChI is InChI=1S/C14H18O3/c1-4-17-10-7-5-6-9(8-10)11-12(13(15)16)14(11,2)3/h5-8,11-12H,4H2,1-3H3,(H,15,16)/t11-,12+/m1/s1. The molecule has 0 unspecified atom stereocenters. The maximum absolute atomic E-state index is 11.1. The number of benzene rings is 1. The summed E-state index contributed by atoms with van der Waals surface area (Å²) in [5.74, 6) is -0.0709. The maximum Gasteiger partial charge on any atom is 0.307 e. The summed E-state index contributed by atoms with van der Waals surface area (Å²) >= 11 is 0. The summed E-state index contributed by atoms with van der Waals surface area (Å²) in [5, 5.41) is 9.16. The minimum Gasteiger partial charge on any atom is -0.494 e. The number of hydrogen-bond donors (Lipinski definition) is 1. The number of hydrogen-bond acceptors (Lipinski definition) is 2. The third-order valence-electron chi connectivity index (χ3n) is 3.62. The second-order valence-electron chi connectivity index (χ2n) is 5.12. The molecule has 1 aliphatic rings. The van der Waals surface area contributed by atoms with Gasteiger partial charge in [0, 0.05) is 5.92 Å². The molecule has 2 rings (SSSR count). The Morgan fingerprint density at radius 3 is 2.71 bits per heavy atom. The Morgan fingerprint density at radius 2 is 2.18 bits per heavy atom. The van der Waals surface area contributed by atoms with Gasteiger partial charge in [0.25, 0.3) is 0 Å². The lowest BCUT2D eigenvalue weighted by Crippen LogP contribution is -2.03. The molecule has 92 valence electrons. The fraction of sp³-hybridized carbons (Fsp3) is 0.500. The molecule has 1 N–H and O–H groups in total. The summed E-state index contributed by atoms with van der Waals surface area (Å²) in [7, 11) is 0. The molecule has 0 amide bonds. The van der Waals surface area contributed by atoms with Gasteiger partial charge in [0.15, 0.2) is 0 Å². The molecule has 1 aromatic carbocycles. The molecule has 0 aliphatic heterocycles. The van der Waals surface area contributed by atoms with E-state index in [0.29, 0.717) is 6.61 Å². The molecule has 0 spiro atoms. The van der Waals surface area contributed by atoms with E-state index in [9.17, 15) is 4.79 Å². The van der Waals surface area contributed by atoms with Crippen molar-refractivity contribution in [2.75, 3.05) is 6.61 Å². The van der Waals surface area contributed by atoms with E-state index in [1.54, 1.807) is 0 Å². The van der Waals surface area contributed by atoms with Crippen molar-refractivity contribution in [1.29, 1.82) is 0 Å². The quantitative estimate of drug-likeness (QED) is 0.871. The molecule has 1 aromatic rings. The van der Waals surface area contributed by atoms with Crippen LogP contribution >= 0.6 is 0 Å². The largest absolute Gasteiger partial charge is 0.494 e. The lowest BCUT2D eigenvalue weighted by Gasteiger charge is -2.06. The zero-order valence-electron chi connectivity index (χ0n) is 10.4. The van der Waals surface area contributed by atoms with Crippen LogP contribution in [0, 0.1) is 11.3 Å². The van der Waals surface area contributed by atoms with Gasteiger partial charge in [-0.25, -0.2) is 0 Å². The van der Waals surface area contributed by atoms with Gasteiger partial charge in [-0.1, -0.05) is 26.0 Å². The predicted octanol–water partition coefficient (Wildman–Crippen LogP) is 2.91. The average Bonchev–Trinajstić information content (AvgIpc) is 2.83. The molecule has 0 saturated heterocycles. The van der Waals surface area contributed by atoms with E-state index in [1.165, 1.54) is 0 Å². The van der Waals surface area contributed by atoms with Gasteiger partial charge in [-0.2, -0.15) is 0 Å². The van der Waals surface area contributed by atoms with Gasteiger partial charge < -0.3 is 9.84 Å². The lowest BCUT2D eigenvalue weighted by molar-refractivity contribution is -0.139. The van der Waals surface area contributed by atoms with Crippen molar-refractivity contribution in [1.82, 2.24) is 0 Å². The van der Waals surface area contributed by atoms with Crippen molar-refractivity contribution in [2.45, 2.75) is 26.7 Å². The molecule has 17 heavy (non-hydrogen) atoms. The van der Waals surface area contributed by atoms with Gasteiger partial charge in [-0.05, 0) is 30.0 Å². The topological polar surface area (TPSA) is 46.5 Å². The van der Waals surface area contributed by atoms with Crippen molar-refractivity contribution in [3.05, 3.63) is 29.8 Å². The van der Waals surface area contributed by atoms with Crippen LogP contribution in [0.15, 0.2) is 24.3 Å². The Kier molecular flexibility index (Phi) is 2.86. The summed E-state index contributed by atoms with van der Waals surface area (Å²) in [5.41, 5.74) is 0.907. The van der Waals surface area contributed by atoms with Crippen LogP contribution in [-0.2, 0) is 4.79 Å². The summed E-state index contributed by atoms with van der Waals surface area (Å²) in [4.78, 5) is 11.1. The molecule has 0 aromatic heterocycles. The fourth-order valence-corrected chi connectivity index (χ4v) is 2.69. The second-order valence-corrected chi connectivity index (χ2v) is 5.12. The normalized spacial score (nSPS) is 25.4. The van der Waals surface area contributed by atoms with E-state index in [4.69, 9.17) is 9.84 Å². The number of carbonyl (C=O) groups is 1. The zero-order valence-corrected chi connectivity index (χ0v) is 10.4. The van der Waals surface area contributed by atoms with E-state index >= 15 is 0 Å². The summed E-state index contributed by atoms with van der Waals surface area (Å²) in [6.45, 7) is 6.57. The van der Waals surface area contributed by atoms with Crippen molar-refractivity contribution in [3.63, 3.8) is 0 Å². The molecule has 1 saturated carbocycles. The molecule has 0 bridgehead atoms. The van der Waals surface area contributed by atoms with Crippen LogP contribution in [0.1, 0.15) is 32.3 Å². The Bertz CT molecular complexity index is 437. The molecule has 0 heterocycles. The number of aliphatic carboxylic acids is 1. The molecule has 3 nitrogen and oxygen atoms in total. The van der Waals surface area contributed by atoms with Crippen molar-refractivity contribution in [2.24, 2.45) is 11.3 Å². The van der Waals surface area contributed by atoms with Crippen molar-refractivity contribution in [3.8, 4) is 5.75 Å².